The highest BCUT2D eigenvalue weighted by atomic mass is 33.1. The highest BCUT2D eigenvalue weighted by Crippen LogP contribution is 2.33. The van der Waals surface area contributed by atoms with E-state index in [2.05, 4.69) is 17.2 Å². The summed E-state index contributed by atoms with van der Waals surface area (Å²) in [6, 6.07) is 12.7. The van der Waals surface area contributed by atoms with Gasteiger partial charge in [-0.1, -0.05) is 64.6 Å². The molecule has 2 atom stereocenters. The summed E-state index contributed by atoms with van der Waals surface area (Å²) >= 11 is 0. The number of imide groups is 1. The molecule has 0 aliphatic carbocycles. The molecule has 2 aliphatic heterocycles. The number of nitrogens with one attached hydrogen (secondary N) is 2. The third-order valence-corrected chi connectivity index (χ3v) is 9.66. The molecule has 12 nitrogen and oxygen atoms in total. The van der Waals surface area contributed by atoms with Crippen molar-refractivity contribution in [1.82, 2.24) is 15.1 Å². The van der Waals surface area contributed by atoms with E-state index >= 15 is 0 Å². The van der Waals surface area contributed by atoms with Gasteiger partial charge in [-0.25, -0.2) is 4.79 Å². The standard InChI is InChI=1S/C30H32N4O8S2/c1-18-11-12-23(27(38)31-18)34-28(39)21-9-6-10-22(26(21)29(34)40)32-30(41)42-17-19(2)44-43-14-13-24(35)33(16-25(36)37)15-20-7-4-3-5-8-20/h3-10,19,23H,1,11-17H2,2H3,(H,31,38)(H,32,41)(H,36,37). The smallest absolute Gasteiger partial charge is 0.411 e. The molecular formula is C30H32N4O8S2. The summed E-state index contributed by atoms with van der Waals surface area (Å²) in [4.78, 5) is 77.4. The summed E-state index contributed by atoms with van der Waals surface area (Å²) in [5.41, 5.74) is 1.55. The Hall–Kier alpha value is -4.30. The predicted octanol–water partition coefficient (Wildman–Crippen LogP) is 3.90. The maximum absolute atomic E-state index is 13.2. The molecule has 0 saturated carbocycles. The first-order chi connectivity index (χ1) is 21.0. The fourth-order valence-electron chi connectivity index (χ4n) is 4.72. The molecule has 3 N–H and O–H groups in total. The zero-order valence-corrected chi connectivity index (χ0v) is 25.6. The van der Waals surface area contributed by atoms with Crippen LogP contribution < -0.4 is 10.6 Å². The van der Waals surface area contributed by atoms with Gasteiger partial charge in [0.25, 0.3) is 11.8 Å². The quantitative estimate of drug-likeness (QED) is 0.166. The topological polar surface area (TPSA) is 162 Å². The number of carbonyl (C=O) groups excluding carboxylic acids is 5. The van der Waals surface area contributed by atoms with Crippen LogP contribution in [0, 0.1) is 0 Å². The predicted molar refractivity (Wildman–Crippen MR) is 166 cm³/mol. The number of piperidine rings is 1. The molecule has 2 unspecified atom stereocenters. The van der Waals surface area contributed by atoms with Crippen molar-refractivity contribution in [2.75, 3.05) is 24.2 Å². The summed E-state index contributed by atoms with van der Waals surface area (Å²) in [7, 11) is 2.81. The van der Waals surface area contributed by atoms with Crippen LogP contribution in [-0.4, -0.2) is 80.8 Å². The number of hydrogen-bond acceptors (Lipinski definition) is 9. The number of rotatable bonds is 13. The molecule has 0 spiro atoms. The summed E-state index contributed by atoms with van der Waals surface area (Å²) in [5, 5.41) is 14.2. The van der Waals surface area contributed by atoms with Crippen LogP contribution in [0.15, 0.2) is 60.8 Å². The van der Waals surface area contributed by atoms with Crippen molar-refractivity contribution in [3.8, 4) is 0 Å². The van der Waals surface area contributed by atoms with Crippen LogP contribution in [0.5, 0.6) is 0 Å². The number of ether oxygens (including phenoxy) is 1. The second-order valence-corrected chi connectivity index (χ2v) is 13.1. The third-order valence-electron chi connectivity index (χ3n) is 6.79. The molecule has 44 heavy (non-hydrogen) atoms. The molecule has 2 aliphatic rings. The highest BCUT2D eigenvalue weighted by Gasteiger charge is 2.45. The molecular weight excluding hydrogens is 608 g/mol. The molecule has 1 saturated heterocycles. The maximum Gasteiger partial charge on any atom is 0.411 e. The van der Waals surface area contributed by atoms with Crippen LogP contribution >= 0.6 is 21.6 Å². The number of fused-ring (bicyclic) bond motifs is 1. The lowest BCUT2D eigenvalue weighted by molar-refractivity contribution is -0.144. The van der Waals surface area contributed by atoms with Crippen LogP contribution in [0.25, 0.3) is 0 Å². The van der Waals surface area contributed by atoms with Crippen LogP contribution in [0.4, 0.5) is 10.5 Å². The Morgan fingerprint density at radius 3 is 2.59 bits per heavy atom. The SMILES string of the molecule is C=C1CCC(N2C(=O)c3cccc(NC(=O)OCC(C)SSCCC(=O)N(CC(=O)O)Cc4ccccc4)c3C2=O)C(=O)N1. The summed E-state index contributed by atoms with van der Waals surface area (Å²) in [5.74, 6) is -2.69. The van der Waals surface area contributed by atoms with Crippen molar-refractivity contribution >= 4 is 63.0 Å². The molecule has 0 radical (unpaired) electrons. The van der Waals surface area contributed by atoms with Gasteiger partial charge in [0.15, 0.2) is 0 Å². The van der Waals surface area contributed by atoms with Gasteiger partial charge in [-0.15, -0.1) is 0 Å². The molecule has 2 heterocycles. The first-order valence-corrected chi connectivity index (χ1v) is 16.2. The van der Waals surface area contributed by atoms with Gasteiger partial charge in [0.05, 0.1) is 16.8 Å². The van der Waals surface area contributed by atoms with Gasteiger partial charge < -0.3 is 20.1 Å². The van der Waals surface area contributed by atoms with E-state index in [1.54, 1.807) is 0 Å². The first-order valence-electron chi connectivity index (χ1n) is 13.8. The fraction of sp³-hybridized carbons (Fsp3) is 0.333. The Bertz CT molecular complexity index is 1470. The van der Waals surface area contributed by atoms with Crippen molar-refractivity contribution in [3.63, 3.8) is 0 Å². The van der Waals surface area contributed by atoms with Gasteiger partial charge >= 0.3 is 12.1 Å². The van der Waals surface area contributed by atoms with Gasteiger partial charge in [0.1, 0.15) is 19.2 Å². The zero-order chi connectivity index (χ0) is 31.8. The zero-order valence-electron chi connectivity index (χ0n) is 23.9. The van der Waals surface area contributed by atoms with Crippen molar-refractivity contribution < 1.29 is 38.6 Å². The summed E-state index contributed by atoms with van der Waals surface area (Å²) < 4.78 is 5.32. The van der Waals surface area contributed by atoms with E-state index in [1.807, 2.05) is 37.3 Å². The molecule has 4 rings (SSSR count). The number of carboxylic acids is 1. The number of amides is 5. The second kappa shape index (κ2) is 14.9. The van der Waals surface area contributed by atoms with Crippen molar-refractivity contribution in [2.45, 2.75) is 44.0 Å². The third kappa shape index (κ3) is 8.20. The fourth-order valence-corrected chi connectivity index (χ4v) is 6.83. The lowest BCUT2D eigenvalue weighted by Crippen LogP contribution is -2.51. The number of allylic oxidation sites excluding steroid dienone is 1. The van der Waals surface area contributed by atoms with E-state index in [9.17, 15) is 33.9 Å². The highest BCUT2D eigenvalue weighted by molar-refractivity contribution is 8.76. The Kier molecular flexibility index (Phi) is 11.1. The minimum Gasteiger partial charge on any atom is -0.480 e. The number of carboxylic acid groups (broad SMARTS) is 1. The van der Waals surface area contributed by atoms with E-state index in [-0.39, 0.29) is 60.5 Å². The molecule has 1 fully saturated rings. The van der Waals surface area contributed by atoms with Gasteiger partial charge in [-0.2, -0.15) is 0 Å². The number of nitrogens with zero attached hydrogens (tertiary/aromatic N) is 2. The average molecular weight is 641 g/mol. The lowest BCUT2D eigenvalue weighted by Gasteiger charge is -2.29. The number of benzene rings is 2. The van der Waals surface area contributed by atoms with Gasteiger partial charge in [0.2, 0.25) is 11.8 Å². The largest absolute Gasteiger partial charge is 0.480 e. The molecule has 5 amide bonds. The number of aliphatic carboxylic acids is 1. The van der Waals surface area contributed by atoms with Crippen molar-refractivity contribution in [1.29, 1.82) is 0 Å². The number of anilines is 1. The van der Waals surface area contributed by atoms with E-state index in [0.29, 0.717) is 17.9 Å². The van der Waals surface area contributed by atoms with Crippen molar-refractivity contribution in [3.05, 3.63) is 77.5 Å². The summed E-state index contributed by atoms with van der Waals surface area (Å²) in [6.07, 6.45) is 0.0218. The Labute approximate surface area is 261 Å². The Morgan fingerprint density at radius 2 is 1.89 bits per heavy atom. The van der Waals surface area contributed by atoms with E-state index in [1.165, 1.54) is 44.7 Å². The second-order valence-electron chi connectivity index (χ2n) is 10.2. The van der Waals surface area contributed by atoms with Crippen LogP contribution in [0.1, 0.15) is 52.5 Å². The first kappa shape index (κ1) is 32.6. The number of hydrogen-bond donors (Lipinski definition) is 3. The van der Waals surface area contributed by atoms with Gasteiger partial charge in [-0.05, 0) is 37.5 Å². The molecule has 14 heteroatoms. The lowest BCUT2D eigenvalue weighted by atomic mass is 10.0. The maximum atomic E-state index is 13.2. The normalized spacial score (nSPS) is 16.7. The average Bonchev–Trinajstić information content (AvgIpc) is 3.24. The van der Waals surface area contributed by atoms with Gasteiger partial charge in [0, 0.05) is 29.7 Å². The van der Waals surface area contributed by atoms with Crippen LogP contribution in [-0.2, 0) is 25.7 Å². The van der Waals surface area contributed by atoms with Crippen LogP contribution in [0.2, 0.25) is 0 Å². The Morgan fingerprint density at radius 1 is 1.14 bits per heavy atom. The van der Waals surface area contributed by atoms with Crippen LogP contribution in [0.3, 0.4) is 0 Å². The molecule has 232 valence electrons. The molecule has 0 aromatic heterocycles. The minimum absolute atomic E-state index is 0.00139. The van der Waals surface area contributed by atoms with E-state index in [4.69, 9.17) is 4.74 Å². The minimum atomic E-state index is -1.09. The summed E-state index contributed by atoms with van der Waals surface area (Å²) in [6.45, 7) is 5.39. The number of carbonyl (C=O) groups is 6. The monoisotopic (exact) mass is 640 g/mol. The van der Waals surface area contributed by atoms with Gasteiger partial charge in [-0.3, -0.25) is 34.2 Å². The molecule has 0 bridgehead atoms. The van der Waals surface area contributed by atoms with E-state index in [0.717, 1.165) is 10.5 Å². The molecule has 2 aromatic carbocycles. The molecule has 2 aromatic rings. The Balaban J connectivity index is 1.23. The van der Waals surface area contributed by atoms with E-state index < -0.39 is 35.8 Å². The van der Waals surface area contributed by atoms with Crippen molar-refractivity contribution in [2.24, 2.45) is 0 Å².